The maximum absolute atomic E-state index is 12.5. The number of benzene rings is 2. The van der Waals surface area contributed by atoms with Gasteiger partial charge in [0, 0.05) is 11.5 Å². The van der Waals surface area contributed by atoms with Crippen LogP contribution in [0.5, 0.6) is 5.75 Å². The predicted molar refractivity (Wildman–Crippen MR) is 114 cm³/mol. The van der Waals surface area contributed by atoms with Gasteiger partial charge in [-0.3, -0.25) is 0 Å². The van der Waals surface area contributed by atoms with Crippen LogP contribution in [-0.2, 0) is 16.0 Å². The Balaban J connectivity index is 1.75. The topological polar surface area (TPSA) is 86.0 Å². The zero-order valence-electron chi connectivity index (χ0n) is 16.4. The third-order valence-electron chi connectivity index (χ3n) is 4.45. The summed E-state index contributed by atoms with van der Waals surface area (Å²) >= 11 is 0. The molecule has 0 aliphatic carbocycles. The molecule has 1 heterocycles. The lowest BCUT2D eigenvalue weighted by molar-refractivity contribution is -0.128. The van der Waals surface area contributed by atoms with Crippen LogP contribution in [0.25, 0.3) is 22.1 Å². The molecule has 1 unspecified atom stereocenters. The van der Waals surface area contributed by atoms with Crippen molar-refractivity contribution in [3.63, 3.8) is 0 Å². The number of rotatable bonds is 9. The lowest BCUT2D eigenvalue weighted by atomic mass is 10.0. The van der Waals surface area contributed by atoms with Crippen molar-refractivity contribution in [2.45, 2.75) is 19.1 Å². The van der Waals surface area contributed by atoms with E-state index >= 15 is 0 Å². The molecule has 6 heteroatoms. The van der Waals surface area contributed by atoms with Crippen LogP contribution in [0.2, 0.25) is 0 Å². The van der Waals surface area contributed by atoms with Crippen molar-refractivity contribution in [1.29, 1.82) is 0 Å². The number of esters is 1. The molecule has 6 nitrogen and oxygen atoms in total. The van der Waals surface area contributed by atoms with Gasteiger partial charge in [0.2, 0.25) is 0 Å². The van der Waals surface area contributed by atoms with Crippen LogP contribution in [-0.4, -0.2) is 24.0 Å². The number of fused-ring (bicyclic) bond motifs is 1. The van der Waals surface area contributed by atoms with E-state index in [-0.39, 0.29) is 0 Å². The molecule has 1 N–H and O–H groups in total. The quantitative estimate of drug-likeness (QED) is 0.110. The van der Waals surface area contributed by atoms with E-state index in [1.807, 2.05) is 18.2 Å². The van der Waals surface area contributed by atoms with E-state index < -0.39 is 17.9 Å². The summed E-state index contributed by atoms with van der Waals surface area (Å²) in [4.78, 5) is 23.8. The van der Waals surface area contributed by atoms with E-state index in [2.05, 4.69) is 13.2 Å². The normalized spacial score (nSPS) is 11.8. The van der Waals surface area contributed by atoms with E-state index in [1.165, 1.54) is 6.08 Å². The van der Waals surface area contributed by atoms with Gasteiger partial charge in [0.15, 0.2) is 6.29 Å². The second-order valence-electron chi connectivity index (χ2n) is 6.57. The second-order valence-corrected chi connectivity index (χ2v) is 6.57. The highest BCUT2D eigenvalue weighted by Crippen LogP contribution is 2.24. The number of aliphatic hydroxyl groups is 1. The standard InChI is InChI=1S/C24H22O6/c1-3-22(25)28-13-5-6-16-7-8-18-15-20(24(27)30-21(18)14-16)17-9-11-19(12-10-17)29-23(26)4-2/h3-4,7-12,14-15,22,25H,1-2,5-6,13H2. The highest BCUT2D eigenvalue weighted by Gasteiger charge is 2.10. The molecule has 30 heavy (non-hydrogen) atoms. The van der Waals surface area contributed by atoms with Crippen molar-refractivity contribution < 1.29 is 23.8 Å². The Morgan fingerprint density at radius 1 is 1.13 bits per heavy atom. The highest BCUT2D eigenvalue weighted by atomic mass is 16.6. The zero-order chi connectivity index (χ0) is 21.5. The number of hydrogen-bond donors (Lipinski definition) is 1. The van der Waals surface area contributed by atoms with E-state index in [9.17, 15) is 14.7 Å². The number of aliphatic hydroxyl groups excluding tert-OH is 1. The molecule has 0 aliphatic heterocycles. The van der Waals surface area contributed by atoms with Crippen LogP contribution in [0.3, 0.4) is 0 Å². The molecular weight excluding hydrogens is 384 g/mol. The molecule has 3 aromatic rings. The lowest BCUT2D eigenvalue weighted by Crippen LogP contribution is -2.09. The Morgan fingerprint density at radius 2 is 1.90 bits per heavy atom. The molecular formula is C24H22O6. The Kier molecular flexibility index (Phi) is 6.95. The van der Waals surface area contributed by atoms with Crippen molar-refractivity contribution in [3.8, 4) is 16.9 Å². The molecule has 2 aromatic carbocycles. The van der Waals surface area contributed by atoms with Crippen LogP contribution in [0, 0.1) is 0 Å². The highest BCUT2D eigenvalue weighted by molar-refractivity contribution is 5.84. The van der Waals surface area contributed by atoms with Gasteiger partial charge in [-0.05, 0) is 54.3 Å². The molecule has 1 aromatic heterocycles. The maximum atomic E-state index is 12.5. The Morgan fingerprint density at radius 3 is 2.60 bits per heavy atom. The first-order valence-corrected chi connectivity index (χ1v) is 9.44. The van der Waals surface area contributed by atoms with Gasteiger partial charge in [-0.2, -0.15) is 0 Å². The van der Waals surface area contributed by atoms with Gasteiger partial charge >= 0.3 is 11.6 Å². The predicted octanol–water partition coefficient (Wildman–Crippen LogP) is 4.01. The van der Waals surface area contributed by atoms with Gasteiger partial charge in [0.25, 0.3) is 0 Å². The minimum Gasteiger partial charge on any atom is -0.423 e. The Bertz CT molecular complexity index is 1110. The molecule has 0 bridgehead atoms. The molecule has 0 saturated carbocycles. The summed E-state index contributed by atoms with van der Waals surface area (Å²) in [5, 5.41) is 10.1. The summed E-state index contributed by atoms with van der Waals surface area (Å²) in [5.41, 5.74) is 2.14. The summed E-state index contributed by atoms with van der Waals surface area (Å²) in [5.74, 6) is -0.185. The first-order valence-electron chi connectivity index (χ1n) is 9.44. The smallest absolute Gasteiger partial charge is 0.344 e. The first-order chi connectivity index (χ1) is 14.5. The second kappa shape index (κ2) is 9.82. The number of aryl methyl sites for hydroxylation is 1. The van der Waals surface area contributed by atoms with Gasteiger partial charge in [-0.25, -0.2) is 9.59 Å². The van der Waals surface area contributed by atoms with Gasteiger partial charge in [-0.15, -0.1) is 0 Å². The molecule has 154 valence electrons. The van der Waals surface area contributed by atoms with Crippen molar-refractivity contribution in [3.05, 3.63) is 89.8 Å². The van der Waals surface area contributed by atoms with Gasteiger partial charge in [0.05, 0.1) is 12.2 Å². The minimum atomic E-state index is -0.957. The molecule has 0 radical (unpaired) electrons. The SMILES string of the molecule is C=CC(=O)Oc1ccc(-c2cc3ccc(CCCOC(O)C=C)cc3oc2=O)cc1. The fourth-order valence-corrected chi connectivity index (χ4v) is 2.92. The molecule has 0 amide bonds. The Hall–Kier alpha value is -3.48. The van der Waals surface area contributed by atoms with Gasteiger partial charge < -0.3 is 19.0 Å². The third kappa shape index (κ3) is 5.31. The number of ether oxygens (including phenoxy) is 2. The van der Waals surface area contributed by atoms with Crippen molar-refractivity contribution in [1.82, 2.24) is 0 Å². The number of hydrogen-bond acceptors (Lipinski definition) is 6. The summed E-state index contributed by atoms with van der Waals surface area (Å²) < 4.78 is 15.7. The first kappa shape index (κ1) is 21.2. The molecule has 3 rings (SSSR count). The summed E-state index contributed by atoms with van der Waals surface area (Å²) in [6.45, 7) is 7.19. The molecule has 0 fully saturated rings. The van der Waals surface area contributed by atoms with Crippen molar-refractivity contribution in [2.75, 3.05) is 6.61 Å². The fraction of sp³-hybridized carbons (Fsp3) is 0.167. The average molecular weight is 406 g/mol. The van der Waals surface area contributed by atoms with E-state index in [4.69, 9.17) is 13.9 Å². The van der Waals surface area contributed by atoms with Crippen LogP contribution in [0.1, 0.15) is 12.0 Å². The largest absolute Gasteiger partial charge is 0.423 e. The molecule has 1 atom stereocenters. The molecule has 0 spiro atoms. The van der Waals surface area contributed by atoms with Crippen LogP contribution < -0.4 is 10.4 Å². The number of carbonyl (C=O) groups is 1. The zero-order valence-corrected chi connectivity index (χ0v) is 16.4. The average Bonchev–Trinajstić information content (AvgIpc) is 2.76. The summed E-state index contributed by atoms with van der Waals surface area (Å²) in [6, 6.07) is 14.1. The van der Waals surface area contributed by atoms with Crippen LogP contribution in [0.15, 0.2) is 83.1 Å². The van der Waals surface area contributed by atoms with Crippen molar-refractivity contribution >= 4 is 16.9 Å². The van der Waals surface area contributed by atoms with Crippen molar-refractivity contribution in [2.24, 2.45) is 0 Å². The lowest BCUT2D eigenvalue weighted by Gasteiger charge is -2.08. The summed E-state index contributed by atoms with van der Waals surface area (Å²) in [6.07, 6.45) is 2.88. The summed E-state index contributed by atoms with van der Waals surface area (Å²) in [7, 11) is 0. The third-order valence-corrected chi connectivity index (χ3v) is 4.45. The fourth-order valence-electron chi connectivity index (χ4n) is 2.92. The molecule has 0 saturated heterocycles. The minimum absolute atomic E-state index is 0.364. The number of carbonyl (C=O) groups excluding carboxylic acids is 1. The van der Waals surface area contributed by atoms with E-state index in [0.29, 0.717) is 35.5 Å². The van der Waals surface area contributed by atoms with E-state index in [1.54, 1.807) is 30.3 Å². The van der Waals surface area contributed by atoms with Crippen LogP contribution >= 0.6 is 0 Å². The van der Waals surface area contributed by atoms with Gasteiger partial charge in [0.1, 0.15) is 11.3 Å². The Labute approximate surface area is 173 Å². The van der Waals surface area contributed by atoms with Gasteiger partial charge in [-0.1, -0.05) is 37.4 Å². The van der Waals surface area contributed by atoms with E-state index in [0.717, 1.165) is 23.4 Å². The molecule has 0 aliphatic rings. The monoisotopic (exact) mass is 406 g/mol. The maximum Gasteiger partial charge on any atom is 0.344 e. The van der Waals surface area contributed by atoms with Crippen LogP contribution in [0.4, 0.5) is 0 Å².